The van der Waals surface area contributed by atoms with E-state index in [-0.39, 0.29) is 18.5 Å². The molecule has 2 aliphatic rings. The number of hydrogen-bond acceptors (Lipinski definition) is 8. The molecule has 0 aliphatic carbocycles. The molecule has 0 amide bonds. The number of rotatable bonds is 4. The van der Waals surface area contributed by atoms with Gasteiger partial charge in [-0.05, 0) is 40.5 Å². The van der Waals surface area contributed by atoms with Gasteiger partial charge in [-0.3, -0.25) is 5.10 Å². The van der Waals surface area contributed by atoms with Crippen LogP contribution < -0.4 is 10.6 Å². The van der Waals surface area contributed by atoms with E-state index in [9.17, 15) is 17.6 Å². The number of alkyl halides is 3. The van der Waals surface area contributed by atoms with E-state index >= 15 is 0 Å². The molecule has 0 spiro atoms. The van der Waals surface area contributed by atoms with Gasteiger partial charge in [-0.1, -0.05) is 19.6 Å². The topological polar surface area (TPSA) is 124 Å². The van der Waals surface area contributed by atoms with Gasteiger partial charge in [0.15, 0.2) is 0 Å². The molecule has 1 aromatic rings. The third-order valence-corrected chi connectivity index (χ3v) is 4.21. The van der Waals surface area contributed by atoms with Crippen LogP contribution in [0.5, 0.6) is 0 Å². The molecule has 0 saturated heterocycles. The molecule has 0 bridgehead atoms. The van der Waals surface area contributed by atoms with Crippen LogP contribution in [0.3, 0.4) is 0 Å². The van der Waals surface area contributed by atoms with Crippen molar-refractivity contribution in [1.82, 2.24) is 25.8 Å². The summed E-state index contributed by atoms with van der Waals surface area (Å²) in [5.74, 6) is -1.43. The molecule has 0 unspecified atom stereocenters. The Morgan fingerprint density at radius 3 is 1.56 bits per heavy atom. The molecule has 3 N–H and O–H groups in total. The first-order valence-corrected chi connectivity index (χ1v) is 9.90. The number of halogens is 4. The Bertz CT molecular complexity index is 820. The monoisotopic (exact) mass is 483 g/mol. The highest BCUT2D eigenvalue weighted by Crippen LogP contribution is 2.28. The fraction of sp³-hybridized carbons (Fsp3) is 0.667. The van der Waals surface area contributed by atoms with E-state index in [0.717, 1.165) is 25.9 Å². The van der Waals surface area contributed by atoms with Crippen molar-refractivity contribution in [2.45, 2.75) is 65.2 Å². The minimum absolute atomic E-state index is 0. The summed E-state index contributed by atoms with van der Waals surface area (Å²) in [6.45, 7) is 10.5. The zero-order valence-electron chi connectivity index (χ0n) is 17.5. The SMILES string of the molecule is C.CC(C)(N=NC(C)(C)C1=CCCN1)C1=CCCN1.Fc1n[nH]c(C(F)(F)F)n1.O=S=O. The second kappa shape index (κ2) is 12.4. The molecule has 0 atom stereocenters. The number of aromatic amines is 1. The van der Waals surface area contributed by atoms with Crippen LogP contribution in [0.25, 0.3) is 0 Å². The van der Waals surface area contributed by atoms with Crippen LogP contribution in [-0.2, 0) is 17.7 Å². The molecule has 0 aromatic carbocycles. The lowest BCUT2D eigenvalue weighted by molar-refractivity contribution is -0.144. The lowest BCUT2D eigenvalue weighted by Gasteiger charge is -2.25. The van der Waals surface area contributed by atoms with Crippen LogP contribution >= 0.6 is 0 Å². The van der Waals surface area contributed by atoms with Gasteiger partial charge in [0.25, 0.3) is 0 Å². The summed E-state index contributed by atoms with van der Waals surface area (Å²) in [6, 6.07) is 0. The molecule has 1 aromatic heterocycles. The van der Waals surface area contributed by atoms with Crippen molar-refractivity contribution in [3.05, 3.63) is 35.4 Å². The predicted molar refractivity (Wildman–Crippen MR) is 111 cm³/mol. The minimum Gasteiger partial charge on any atom is -0.386 e. The Kier molecular flexibility index (Phi) is 11.4. The average Bonchev–Trinajstić information content (AvgIpc) is 3.42. The molecule has 9 nitrogen and oxygen atoms in total. The average molecular weight is 484 g/mol. The van der Waals surface area contributed by atoms with E-state index in [1.54, 1.807) is 0 Å². The smallest absolute Gasteiger partial charge is 0.386 e. The highest BCUT2D eigenvalue weighted by atomic mass is 32.1. The number of hydrogen-bond donors (Lipinski definition) is 3. The zero-order valence-corrected chi connectivity index (χ0v) is 18.3. The van der Waals surface area contributed by atoms with Crippen molar-refractivity contribution < 1.29 is 26.0 Å². The number of azo groups is 1. The van der Waals surface area contributed by atoms with E-state index in [1.807, 2.05) is 0 Å². The first kappa shape index (κ1) is 29.4. The zero-order chi connectivity index (χ0) is 23.7. The van der Waals surface area contributed by atoms with E-state index in [4.69, 9.17) is 8.42 Å². The van der Waals surface area contributed by atoms with Gasteiger partial charge in [0, 0.05) is 24.5 Å². The standard InChI is InChI=1S/C14H24N4.C3HF4N3.CH4.O2S/c1-13(2,11-7-5-9-15-11)17-18-14(3,4)12-8-6-10-16-12;4-2-8-1(9-10-2)3(5,6)7;;1-3-2/h7-8,15-16H,5-6,9-10H2,1-4H3;(H,8,9,10);1H4;. The molecule has 0 fully saturated rings. The molecule has 3 heterocycles. The highest BCUT2D eigenvalue weighted by Gasteiger charge is 2.35. The van der Waals surface area contributed by atoms with Gasteiger partial charge in [0.05, 0.1) is 0 Å². The normalized spacial score (nSPS) is 15.8. The minimum atomic E-state index is -4.66. The highest BCUT2D eigenvalue weighted by molar-refractivity contribution is 7.51. The summed E-state index contributed by atoms with van der Waals surface area (Å²) in [6.07, 6.45) is 0.553. The molecule has 2 aliphatic heterocycles. The Hall–Kier alpha value is -2.64. The van der Waals surface area contributed by atoms with Crippen LogP contribution in [0, 0.1) is 6.08 Å². The van der Waals surface area contributed by atoms with Gasteiger partial charge in [0.1, 0.15) is 11.1 Å². The van der Waals surface area contributed by atoms with Crippen LogP contribution in [-0.4, -0.2) is 47.8 Å². The third-order valence-electron chi connectivity index (χ3n) is 4.21. The second-order valence-corrected chi connectivity index (χ2v) is 7.64. The van der Waals surface area contributed by atoms with Crippen LogP contribution in [0.4, 0.5) is 17.6 Å². The van der Waals surface area contributed by atoms with Crippen LogP contribution in [0.15, 0.2) is 33.8 Å². The molecule has 32 heavy (non-hydrogen) atoms. The van der Waals surface area contributed by atoms with Gasteiger partial charge >= 0.3 is 23.8 Å². The fourth-order valence-electron chi connectivity index (χ4n) is 2.65. The summed E-state index contributed by atoms with van der Waals surface area (Å²) < 4.78 is 62.8. The van der Waals surface area contributed by atoms with Gasteiger partial charge in [-0.15, -0.1) is 5.10 Å². The van der Waals surface area contributed by atoms with Gasteiger partial charge in [-0.2, -0.15) is 41.2 Å². The van der Waals surface area contributed by atoms with E-state index in [1.165, 1.54) is 16.5 Å². The lowest BCUT2D eigenvalue weighted by Crippen LogP contribution is -2.31. The summed E-state index contributed by atoms with van der Waals surface area (Å²) in [4.78, 5) is 2.42. The van der Waals surface area contributed by atoms with Crippen molar-refractivity contribution in [3.8, 4) is 0 Å². The number of nitrogens with zero attached hydrogens (tertiary/aromatic N) is 4. The Balaban J connectivity index is 0.000000583. The van der Waals surface area contributed by atoms with Crippen LogP contribution in [0.1, 0.15) is 53.8 Å². The second-order valence-electron chi connectivity index (χ2n) is 7.50. The van der Waals surface area contributed by atoms with Crippen molar-refractivity contribution in [1.29, 1.82) is 0 Å². The van der Waals surface area contributed by atoms with Gasteiger partial charge in [-0.25, -0.2) is 0 Å². The molecule has 182 valence electrons. The van der Waals surface area contributed by atoms with Crippen molar-refractivity contribution >= 4 is 11.6 Å². The van der Waals surface area contributed by atoms with Gasteiger partial charge in [0.2, 0.25) is 5.82 Å². The Labute approximate surface area is 187 Å². The van der Waals surface area contributed by atoms with Gasteiger partial charge < -0.3 is 10.6 Å². The Morgan fingerprint density at radius 2 is 1.34 bits per heavy atom. The summed E-state index contributed by atoms with van der Waals surface area (Å²) in [5.41, 5.74) is 1.87. The first-order chi connectivity index (χ1) is 14.3. The summed E-state index contributed by atoms with van der Waals surface area (Å²) in [7, 11) is 0. The Morgan fingerprint density at radius 1 is 0.938 bits per heavy atom. The molecule has 3 rings (SSSR count). The maximum absolute atomic E-state index is 11.7. The number of H-pyrrole nitrogens is 1. The first-order valence-electron chi connectivity index (χ1n) is 9.23. The van der Waals surface area contributed by atoms with E-state index in [2.05, 4.69) is 70.8 Å². The van der Waals surface area contributed by atoms with Crippen molar-refractivity contribution in [2.24, 2.45) is 10.2 Å². The quantitative estimate of drug-likeness (QED) is 0.443. The predicted octanol–water partition coefficient (Wildman–Crippen LogP) is 3.68. The van der Waals surface area contributed by atoms with Crippen molar-refractivity contribution in [2.75, 3.05) is 13.1 Å². The largest absolute Gasteiger partial charge is 0.451 e. The fourth-order valence-corrected chi connectivity index (χ4v) is 2.65. The van der Waals surface area contributed by atoms with E-state index in [0.29, 0.717) is 0 Å². The van der Waals surface area contributed by atoms with Crippen LogP contribution in [0.2, 0.25) is 0 Å². The molecule has 0 radical (unpaired) electrons. The maximum Gasteiger partial charge on any atom is 0.451 e. The van der Waals surface area contributed by atoms with E-state index < -0.39 is 29.6 Å². The summed E-state index contributed by atoms with van der Waals surface area (Å²) >= 11 is -0.750. The maximum atomic E-state index is 11.7. The number of nitrogens with one attached hydrogen (secondary N) is 3. The summed E-state index contributed by atoms with van der Waals surface area (Å²) in [5, 5.41) is 19.8. The molecule has 14 heteroatoms. The lowest BCUT2D eigenvalue weighted by atomic mass is 10.0. The van der Waals surface area contributed by atoms with Crippen molar-refractivity contribution in [3.63, 3.8) is 0 Å². The molecule has 0 saturated carbocycles. The molecular weight excluding hydrogens is 454 g/mol. The third kappa shape index (κ3) is 9.24. The number of aromatic nitrogens is 3. The molecular formula is C18H29F4N7O2S.